The Balaban J connectivity index is 1.81. The van der Waals surface area contributed by atoms with Gasteiger partial charge in [0.2, 0.25) is 11.8 Å². The number of rotatable bonds is 9. The monoisotopic (exact) mass is 478 g/mol. The molecule has 6 nitrogen and oxygen atoms in total. The quantitative estimate of drug-likeness (QED) is 0.281. The molecule has 1 aliphatic rings. The molecular weight excluding hydrogens is 440 g/mol. The van der Waals surface area contributed by atoms with Crippen LogP contribution in [0.25, 0.3) is 0 Å². The lowest BCUT2D eigenvalue weighted by Gasteiger charge is -2.36. The summed E-state index contributed by atoms with van der Waals surface area (Å²) in [6.07, 6.45) is 6.33. The van der Waals surface area contributed by atoms with Crippen molar-refractivity contribution in [1.29, 1.82) is 0 Å². The fourth-order valence-electron chi connectivity index (χ4n) is 4.75. The number of hydrogen-bond acceptors (Lipinski definition) is 4. The molecule has 0 unspecified atom stereocenters. The Labute approximate surface area is 209 Å². The summed E-state index contributed by atoms with van der Waals surface area (Å²) in [5, 5.41) is 3.07. The van der Waals surface area contributed by atoms with Gasteiger partial charge >= 0.3 is 5.97 Å². The van der Waals surface area contributed by atoms with E-state index in [0.29, 0.717) is 30.8 Å². The first-order valence-electron chi connectivity index (χ1n) is 12.7. The lowest BCUT2D eigenvalue weighted by atomic mass is 9.92. The first-order valence-corrected chi connectivity index (χ1v) is 12.7. The number of esters is 1. The molecule has 2 aromatic carbocycles. The number of ether oxygens (including phenoxy) is 1. The highest BCUT2D eigenvalue weighted by Crippen LogP contribution is 2.33. The van der Waals surface area contributed by atoms with Gasteiger partial charge < -0.3 is 15.0 Å². The predicted molar refractivity (Wildman–Crippen MR) is 138 cm³/mol. The molecule has 1 aliphatic heterocycles. The van der Waals surface area contributed by atoms with E-state index in [2.05, 4.69) is 12.2 Å². The molecule has 1 atom stereocenters. The molecule has 0 spiro atoms. The van der Waals surface area contributed by atoms with Gasteiger partial charge in [-0.05, 0) is 61.1 Å². The molecule has 0 radical (unpaired) electrons. The van der Waals surface area contributed by atoms with Crippen molar-refractivity contribution in [3.8, 4) is 5.75 Å². The fourth-order valence-corrected chi connectivity index (χ4v) is 4.75. The van der Waals surface area contributed by atoms with Crippen molar-refractivity contribution in [3.05, 3.63) is 58.1 Å². The Morgan fingerprint density at radius 3 is 2.37 bits per heavy atom. The second-order valence-electron chi connectivity index (χ2n) is 9.58. The first kappa shape index (κ1) is 26.5. The number of anilines is 1. The maximum Gasteiger partial charge on any atom is 0.308 e. The molecule has 0 bridgehead atoms. The Hall–Kier alpha value is -3.15. The molecule has 0 aliphatic carbocycles. The molecule has 1 N–H and O–H groups in total. The van der Waals surface area contributed by atoms with Crippen LogP contribution in [-0.4, -0.2) is 28.7 Å². The van der Waals surface area contributed by atoms with E-state index >= 15 is 0 Å². The average Bonchev–Trinajstić information content (AvgIpc) is 2.83. The first-order chi connectivity index (χ1) is 16.7. The van der Waals surface area contributed by atoms with Gasteiger partial charge in [-0.25, -0.2) is 0 Å². The number of hydrogen-bond donors (Lipinski definition) is 1. The molecular formula is C29H38N2O4. The summed E-state index contributed by atoms with van der Waals surface area (Å²) in [6, 6.07) is 9.29. The van der Waals surface area contributed by atoms with Gasteiger partial charge in [-0.2, -0.15) is 0 Å². The summed E-state index contributed by atoms with van der Waals surface area (Å²) in [4.78, 5) is 40.0. The number of carbonyl (C=O) groups is 3. The summed E-state index contributed by atoms with van der Waals surface area (Å²) < 4.78 is 5.38. The molecule has 2 amide bonds. The minimum absolute atomic E-state index is 0.0328. The zero-order chi connectivity index (χ0) is 25.5. The number of carbonyl (C=O) groups excluding carboxylic acids is 3. The number of nitrogens with one attached hydrogen (secondary N) is 1. The van der Waals surface area contributed by atoms with Crippen molar-refractivity contribution in [3.63, 3.8) is 0 Å². The molecule has 188 valence electrons. The highest BCUT2D eigenvalue weighted by atomic mass is 16.5. The van der Waals surface area contributed by atoms with Crippen LogP contribution in [0.3, 0.4) is 0 Å². The van der Waals surface area contributed by atoms with Crippen molar-refractivity contribution in [1.82, 2.24) is 4.90 Å². The Kier molecular flexibility index (Phi) is 9.07. The van der Waals surface area contributed by atoms with Gasteiger partial charge in [0.15, 0.2) is 0 Å². The van der Waals surface area contributed by atoms with Gasteiger partial charge in [0.1, 0.15) is 11.8 Å². The van der Waals surface area contributed by atoms with Crippen molar-refractivity contribution in [2.75, 3.05) is 5.32 Å². The van der Waals surface area contributed by atoms with Crippen LogP contribution >= 0.6 is 0 Å². The Morgan fingerprint density at radius 1 is 1.00 bits per heavy atom. The largest absolute Gasteiger partial charge is 0.426 e. The SMILES string of the molecule is CCCCCCCC(=O)N1Cc2ccccc2C[C@H]1C(=O)Nc1cc(C)c(OC(C)=O)c(C)c1C. The third-order valence-electron chi connectivity index (χ3n) is 6.90. The molecule has 35 heavy (non-hydrogen) atoms. The van der Waals surface area contributed by atoms with Gasteiger partial charge in [-0.15, -0.1) is 0 Å². The van der Waals surface area contributed by atoms with Gasteiger partial charge in [0.05, 0.1) is 0 Å². The van der Waals surface area contributed by atoms with E-state index in [9.17, 15) is 14.4 Å². The molecule has 0 saturated heterocycles. The van der Waals surface area contributed by atoms with E-state index in [1.807, 2.05) is 51.1 Å². The van der Waals surface area contributed by atoms with Crippen LogP contribution in [0.4, 0.5) is 5.69 Å². The number of unbranched alkanes of at least 4 members (excludes halogenated alkanes) is 4. The second-order valence-corrected chi connectivity index (χ2v) is 9.58. The Bertz CT molecular complexity index is 1090. The molecule has 0 fully saturated rings. The number of benzene rings is 2. The zero-order valence-corrected chi connectivity index (χ0v) is 21.7. The van der Waals surface area contributed by atoms with Crippen molar-refractivity contribution < 1.29 is 19.1 Å². The van der Waals surface area contributed by atoms with E-state index in [-0.39, 0.29) is 17.8 Å². The summed E-state index contributed by atoms with van der Waals surface area (Å²) in [5.74, 6) is -0.0111. The van der Waals surface area contributed by atoms with Crippen LogP contribution in [0.1, 0.15) is 80.2 Å². The summed E-state index contributed by atoms with van der Waals surface area (Å²) >= 11 is 0. The predicted octanol–water partition coefficient (Wildman–Crippen LogP) is 5.79. The number of fused-ring (bicyclic) bond motifs is 1. The molecule has 2 aromatic rings. The van der Waals surface area contributed by atoms with E-state index in [1.54, 1.807) is 4.90 Å². The summed E-state index contributed by atoms with van der Waals surface area (Å²) in [5.41, 5.74) is 5.30. The fraction of sp³-hybridized carbons (Fsp3) is 0.483. The molecule has 3 rings (SSSR count). The van der Waals surface area contributed by atoms with Crippen LogP contribution in [0.15, 0.2) is 30.3 Å². The number of amides is 2. The lowest BCUT2D eigenvalue weighted by Crippen LogP contribution is -2.50. The van der Waals surface area contributed by atoms with Gasteiger partial charge in [-0.1, -0.05) is 56.9 Å². The van der Waals surface area contributed by atoms with Crippen LogP contribution in [0, 0.1) is 20.8 Å². The van der Waals surface area contributed by atoms with Crippen molar-refractivity contribution in [2.45, 2.75) is 92.2 Å². The van der Waals surface area contributed by atoms with Gasteiger partial charge in [0, 0.05) is 32.0 Å². The van der Waals surface area contributed by atoms with E-state index in [1.165, 1.54) is 19.8 Å². The van der Waals surface area contributed by atoms with Crippen LogP contribution in [0.2, 0.25) is 0 Å². The topological polar surface area (TPSA) is 75.7 Å². The van der Waals surface area contributed by atoms with Crippen molar-refractivity contribution in [2.24, 2.45) is 0 Å². The lowest BCUT2D eigenvalue weighted by molar-refractivity contribution is -0.140. The molecule has 1 heterocycles. The standard InChI is InChI=1S/C29H38N2O4/c1-6-7-8-9-10-15-27(33)31-18-24-14-12-11-13-23(24)17-26(31)29(34)30-25-16-19(2)28(35-22(5)32)21(4)20(25)3/h11-14,16,26H,6-10,15,17-18H2,1-5H3,(H,30,34)/t26-/m0/s1. The second kappa shape index (κ2) is 12.0. The zero-order valence-electron chi connectivity index (χ0n) is 21.7. The van der Waals surface area contributed by atoms with Crippen LogP contribution in [0.5, 0.6) is 5.75 Å². The molecule has 0 aromatic heterocycles. The minimum Gasteiger partial charge on any atom is -0.426 e. The van der Waals surface area contributed by atoms with Gasteiger partial charge in [-0.3, -0.25) is 14.4 Å². The van der Waals surface area contributed by atoms with Gasteiger partial charge in [0.25, 0.3) is 0 Å². The highest BCUT2D eigenvalue weighted by molar-refractivity contribution is 5.98. The maximum absolute atomic E-state index is 13.6. The third kappa shape index (κ3) is 6.50. The normalized spacial score (nSPS) is 14.9. The Morgan fingerprint density at radius 2 is 1.69 bits per heavy atom. The highest BCUT2D eigenvalue weighted by Gasteiger charge is 2.34. The van der Waals surface area contributed by atoms with Crippen LogP contribution < -0.4 is 10.1 Å². The van der Waals surface area contributed by atoms with Crippen molar-refractivity contribution >= 4 is 23.5 Å². The van der Waals surface area contributed by atoms with E-state index in [4.69, 9.17) is 4.74 Å². The summed E-state index contributed by atoms with van der Waals surface area (Å²) in [7, 11) is 0. The van der Waals surface area contributed by atoms with Crippen LogP contribution in [-0.2, 0) is 27.3 Å². The molecule has 0 saturated carbocycles. The number of aryl methyl sites for hydroxylation is 1. The summed E-state index contributed by atoms with van der Waals surface area (Å²) in [6.45, 7) is 9.62. The third-order valence-corrected chi connectivity index (χ3v) is 6.90. The van der Waals surface area contributed by atoms with E-state index < -0.39 is 6.04 Å². The van der Waals surface area contributed by atoms with E-state index in [0.717, 1.165) is 47.1 Å². The number of nitrogens with zero attached hydrogens (tertiary/aromatic N) is 1. The maximum atomic E-state index is 13.6. The minimum atomic E-state index is -0.568. The molecule has 6 heteroatoms. The average molecular weight is 479 g/mol. The smallest absolute Gasteiger partial charge is 0.308 e.